The number of para-hydroxylation sites is 1. The molecule has 0 atom stereocenters. The van der Waals surface area contributed by atoms with Crippen LogP contribution in [0.1, 0.15) is 11.1 Å². The van der Waals surface area contributed by atoms with Crippen molar-refractivity contribution in [2.24, 2.45) is 0 Å². The lowest BCUT2D eigenvalue weighted by Crippen LogP contribution is -2.39. The number of carbonyl (C=O) groups is 2. The maximum Gasteiger partial charge on any atom is 0.258 e. The van der Waals surface area contributed by atoms with Crippen LogP contribution in [0.2, 0.25) is 0 Å². The van der Waals surface area contributed by atoms with Crippen molar-refractivity contribution in [3.63, 3.8) is 0 Å². The van der Waals surface area contributed by atoms with Crippen LogP contribution in [0.15, 0.2) is 54.6 Å². The molecule has 2 aromatic rings. The Kier molecular flexibility index (Phi) is 6.55. The van der Waals surface area contributed by atoms with E-state index in [4.69, 9.17) is 10.00 Å². The van der Waals surface area contributed by atoms with E-state index >= 15 is 0 Å². The highest BCUT2D eigenvalue weighted by atomic mass is 16.5. The second-order valence-electron chi connectivity index (χ2n) is 5.44. The van der Waals surface area contributed by atoms with Crippen molar-refractivity contribution in [1.82, 2.24) is 10.2 Å². The van der Waals surface area contributed by atoms with Crippen LogP contribution in [-0.4, -0.2) is 36.9 Å². The second kappa shape index (κ2) is 9.08. The number of nitrogens with one attached hydrogen (secondary N) is 1. The number of rotatable bonds is 7. The van der Waals surface area contributed by atoms with E-state index in [1.807, 2.05) is 24.3 Å². The molecule has 2 aromatic carbocycles. The Balaban J connectivity index is 1.73. The fraction of sp³-hybridized carbons (Fsp3) is 0.211. The zero-order valence-corrected chi connectivity index (χ0v) is 13.9. The third-order valence-electron chi connectivity index (χ3n) is 3.48. The summed E-state index contributed by atoms with van der Waals surface area (Å²) in [6.07, 6.45) is 0. The number of amides is 2. The van der Waals surface area contributed by atoms with E-state index in [-0.39, 0.29) is 25.0 Å². The highest BCUT2D eigenvalue weighted by molar-refractivity contribution is 5.85. The number of nitriles is 1. The number of hydrogen-bond donors (Lipinski definition) is 1. The third-order valence-corrected chi connectivity index (χ3v) is 3.48. The minimum Gasteiger partial charge on any atom is -0.484 e. The molecule has 1 N–H and O–H groups in total. The molecular formula is C19H19N3O3. The molecular weight excluding hydrogens is 318 g/mol. The van der Waals surface area contributed by atoms with E-state index in [0.717, 1.165) is 5.56 Å². The lowest BCUT2D eigenvalue weighted by Gasteiger charge is -2.17. The topological polar surface area (TPSA) is 82.4 Å². The molecule has 6 heteroatoms. The summed E-state index contributed by atoms with van der Waals surface area (Å²) in [5.41, 5.74) is 1.48. The summed E-state index contributed by atoms with van der Waals surface area (Å²) in [5, 5.41) is 11.3. The molecule has 0 saturated carbocycles. The van der Waals surface area contributed by atoms with Crippen LogP contribution in [-0.2, 0) is 16.1 Å². The van der Waals surface area contributed by atoms with Crippen molar-refractivity contribution in [2.75, 3.05) is 20.2 Å². The minimum absolute atomic E-state index is 0.0935. The molecule has 0 aliphatic rings. The van der Waals surface area contributed by atoms with Gasteiger partial charge < -0.3 is 15.0 Å². The molecule has 2 rings (SSSR count). The zero-order chi connectivity index (χ0) is 18.1. The Morgan fingerprint density at radius 3 is 2.44 bits per heavy atom. The van der Waals surface area contributed by atoms with Gasteiger partial charge in [0.05, 0.1) is 18.2 Å². The first-order valence-electron chi connectivity index (χ1n) is 7.76. The monoisotopic (exact) mass is 337 g/mol. The van der Waals surface area contributed by atoms with Gasteiger partial charge in [-0.15, -0.1) is 0 Å². The summed E-state index contributed by atoms with van der Waals surface area (Å²) in [7, 11) is 1.66. The van der Waals surface area contributed by atoms with Crippen molar-refractivity contribution >= 4 is 11.8 Å². The number of ether oxygens (including phenoxy) is 1. The number of benzene rings is 2. The zero-order valence-electron chi connectivity index (χ0n) is 13.9. The summed E-state index contributed by atoms with van der Waals surface area (Å²) in [6, 6.07) is 18.0. The Morgan fingerprint density at radius 2 is 1.80 bits per heavy atom. The van der Waals surface area contributed by atoms with Gasteiger partial charge in [0.25, 0.3) is 5.91 Å². The Bertz CT molecular complexity index is 752. The van der Waals surface area contributed by atoms with Gasteiger partial charge in [0.1, 0.15) is 5.75 Å². The average molecular weight is 337 g/mol. The van der Waals surface area contributed by atoms with Gasteiger partial charge in [-0.3, -0.25) is 9.59 Å². The molecule has 25 heavy (non-hydrogen) atoms. The maximum absolute atomic E-state index is 12.1. The summed E-state index contributed by atoms with van der Waals surface area (Å²) >= 11 is 0. The summed E-state index contributed by atoms with van der Waals surface area (Å²) in [5.74, 6) is 0.0308. The van der Waals surface area contributed by atoms with Crippen LogP contribution < -0.4 is 10.1 Å². The Morgan fingerprint density at radius 1 is 1.12 bits per heavy atom. The molecule has 0 radical (unpaired) electrons. The van der Waals surface area contributed by atoms with Crippen molar-refractivity contribution in [2.45, 2.75) is 6.54 Å². The van der Waals surface area contributed by atoms with Crippen molar-refractivity contribution in [1.29, 1.82) is 5.26 Å². The number of hydrogen-bond acceptors (Lipinski definition) is 4. The molecule has 0 unspecified atom stereocenters. The van der Waals surface area contributed by atoms with Gasteiger partial charge in [0, 0.05) is 13.6 Å². The van der Waals surface area contributed by atoms with Crippen LogP contribution >= 0.6 is 0 Å². The van der Waals surface area contributed by atoms with Gasteiger partial charge in [-0.1, -0.05) is 30.3 Å². The van der Waals surface area contributed by atoms with E-state index < -0.39 is 0 Å². The average Bonchev–Trinajstić information content (AvgIpc) is 2.65. The highest BCUT2D eigenvalue weighted by Gasteiger charge is 2.11. The molecule has 0 saturated heterocycles. The first-order valence-corrected chi connectivity index (χ1v) is 7.76. The maximum atomic E-state index is 12.1. The van der Waals surface area contributed by atoms with Gasteiger partial charge in [0.15, 0.2) is 6.61 Å². The van der Waals surface area contributed by atoms with E-state index in [0.29, 0.717) is 17.9 Å². The van der Waals surface area contributed by atoms with E-state index in [2.05, 4.69) is 5.32 Å². The van der Waals surface area contributed by atoms with Gasteiger partial charge >= 0.3 is 0 Å². The minimum atomic E-state index is -0.357. The first kappa shape index (κ1) is 18.0. The predicted molar refractivity (Wildman–Crippen MR) is 92.6 cm³/mol. The fourth-order valence-electron chi connectivity index (χ4n) is 2.07. The second-order valence-corrected chi connectivity index (χ2v) is 5.44. The van der Waals surface area contributed by atoms with Crippen molar-refractivity contribution < 1.29 is 14.3 Å². The molecule has 0 fully saturated rings. The standard InChI is InChI=1S/C19H19N3O3/c1-22(13-16-9-7-15(11-20)8-10-16)19(24)12-21-18(23)14-25-17-5-3-2-4-6-17/h2-10H,12-14H2,1H3,(H,21,23). The van der Waals surface area contributed by atoms with Crippen LogP contribution in [0.25, 0.3) is 0 Å². The highest BCUT2D eigenvalue weighted by Crippen LogP contribution is 2.08. The number of likely N-dealkylation sites (N-methyl/N-ethyl adjacent to an activating group) is 1. The largest absolute Gasteiger partial charge is 0.484 e. The lowest BCUT2D eigenvalue weighted by atomic mass is 10.1. The van der Waals surface area contributed by atoms with E-state index in [1.54, 1.807) is 43.4 Å². The van der Waals surface area contributed by atoms with Gasteiger partial charge in [0.2, 0.25) is 5.91 Å². The van der Waals surface area contributed by atoms with Gasteiger partial charge in [-0.05, 0) is 29.8 Å². The Hall–Kier alpha value is -3.33. The van der Waals surface area contributed by atoms with E-state index in [1.165, 1.54) is 4.90 Å². The van der Waals surface area contributed by atoms with Crippen LogP contribution in [0.3, 0.4) is 0 Å². The molecule has 6 nitrogen and oxygen atoms in total. The smallest absolute Gasteiger partial charge is 0.258 e. The molecule has 0 aromatic heterocycles. The molecule has 128 valence electrons. The lowest BCUT2D eigenvalue weighted by molar-refractivity contribution is -0.132. The van der Waals surface area contributed by atoms with Gasteiger partial charge in [-0.2, -0.15) is 5.26 Å². The molecule has 0 heterocycles. The van der Waals surface area contributed by atoms with Crippen LogP contribution in [0.4, 0.5) is 0 Å². The molecule has 2 amide bonds. The number of nitrogens with zero attached hydrogens (tertiary/aromatic N) is 2. The molecule has 0 spiro atoms. The quantitative estimate of drug-likeness (QED) is 0.834. The molecule has 0 bridgehead atoms. The molecule has 0 aliphatic carbocycles. The van der Waals surface area contributed by atoms with Crippen molar-refractivity contribution in [3.05, 3.63) is 65.7 Å². The summed E-state index contributed by atoms with van der Waals surface area (Å²) in [4.78, 5) is 25.3. The molecule has 0 aliphatic heterocycles. The van der Waals surface area contributed by atoms with Gasteiger partial charge in [-0.25, -0.2) is 0 Å². The van der Waals surface area contributed by atoms with E-state index in [9.17, 15) is 9.59 Å². The first-order chi connectivity index (χ1) is 12.1. The SMILES string of the molecule is CN(Cc1ccc(C#N)cc1)C(=O)CNC(=O)COc1ccccc1. The Labute approximate surface area is 146 Å². The third kappa shape index (κ3) is 5.99. The van der Waals surface area contributed by atoms with Crippen molar-refractivity contribution in [3.8, 4) is 11.8 Å². The summed E-state index contributed by atoms with van der Waals surface area (Å²) in [6.45, 7) is 0.168. The summed E-state index contributed by atoms with van der Waals surface area (Å²) < 4.78 is 5.31. The van der Waals surface area contributed by atoms with Crippen LogP contribution in [0, 0.1) is 11.3 Å². The normalized spacial score (nSPS) is 9.76. The fourth-order valence-corrected chi connectivity index (χ4v) is 2.07. The van der Waals surface area contributed by atoms with Crippen LogP contribution in [0.5, 0.6) is 5.75 Å². The predicted octanol–water partition coefficient (Wildman–Crippen LogP) is 1.71. The number of carbonyl (C=O) groups excluding carboxylic acids is 2.